The number of aryl methyl sites for hydroxylation is 1. The van der Waals surface area contributed by atoms with Gasteiger partial charge in [-0.25, -0.2) is 4.79 Å². The van der Waals surface area contributed by atoms with Crippen LogP contribution in [0, 0.1) is 6.92 Å². The zero-order valence-corrected chi connectivity index (χ0v) is 8.05. The molecule has 1 aromatic heterocycles. The van der Waals surface area contributed by atoms with E-state index in [-0.39, 0.29) is 0 Å². The summed E-state index contributed by atoms with van der Waals surface area (Å²) in [6.45, 7) is 1.49. The average Bonchev–Trinajstić information content (AvgIpc) is 2.14. The van der Waals surface area contributed by atoms with Gasteiger partial charge in [-0.05, 0) is 13.0 Å². The zero-order valence-electron chi connectivity index (χ0n) is 8.05. The molecule has 0 aliphatic carbocycles. The highest BCUT2D eigenvalue weighted by molar-refractivity contribution is 5.91. The van der Waals surface area contributed by atoms with Crippen molar-refractivity contribution < 1.29 is 22.7 Å². The highest BCUT2D eigenvalue weighted by Crippen LogP contribution is 2.31. The summed E-state index contributed by atoms with van der Waals surface area (Å²) in [6.07, 6.45) is -3.98. The fourth-order valence-electron chi connectivity index (χ4n) is 1.06. The van der Waals surface area contributed by atoms with E-state index in [4.69, 9.17) is 0 Å². The van der Waals surface area contributed by atoms with Gasteiger partial charge in [-0.15, -0.1) is 0 Å². The van der Waals surface area contributed by atoms with Crippen molar-refractivity contribution in [2.75, 3.05) is 7.11 Å². The van der Waals surface area contributed by atoms with E-state index in [0.717, 1.165) is 13.2 Å². The van der Waals surface area contributed by atoms with Gasteiger partial charge >= 0.3 is 12.1 Å². The second kappa shape index (κ2) is 3.88. The van der Waals surface area contributed by atoms with Crippen molar-refractivity contribution >= 4 is 5.97 Å². The first-order valence-corrected chi connectivity index (χ1v) is 3.98. The molecular formula is C9H8F3NO2. The molecule has 0 fully saturated rings. The maximum absolute atomic E-state index is 12.4. The number of nitrogens with zero attached hydrogens (tertiary/aromatic N) is 1. The number of halogens is 3. The van der Waals surface area contributed by atoms with Gasteiger partial charge in [0, 0.05) is 11.9 Å². The largest absolute Gasteiger partial charge is 0.465 e. The molecule has 0 radical (unpaired) electrons. The predicted molar refractivity (Wildman–Crippen MR) is 45.3 cm³/mol. The number of carbonyl (C=O) groups is 1. The lowest BCUT2D eigenvalue weighted by atomic mass is 10.1. The Morgan fingerprint density at radius 2 is 2.07 bits per heavy atom. The summed E-state index contributed by atoms with van der Waals surface area (Å²) in [5.74, 6) is -1.02. The van der Waals surface area contributed by atoms with Crippen molar-refractivity contribution in [3.63, 3.8) is 0 Å². The summed E-state index contributed by atoms with van der Waals surface area (Å²) >= 11 is 0. The number of ether oxygens (including phenoxy) is 1. The van der Waals surface area contributed by atoms with Gasteiger partial charge in [0.05, 0.1) is 18.2 Å². The molecule has 0 atom stereocenters. The highest BCUT2D eigenvalue weighted by atomic mass is 19.4. The Balaban J connectivity index is 3.33. The van der Waals surface area contributed by atoms with Crippen LogP contribution in [-0.4, -0.2) is 18.1 Å². The van der Waals surface area contributed by atoms with Crippen LogP contribution in [-0.2, 0) is 10.9 Å². The van der Waals surface area contributed by atoms with Crippen LogP contribution < -0.4 is 0 Å². The first-order valence-electron chi connectivity index (χ1n) is 3.98. The van der Waals surface area contributed by atoms with E-state index in [1.54, 1.807) is 0 Å². The molecule has 6 heteroatoms. The van der Waals surface area contributed by atoms with Crippen LogP contribution in [0.1, 0.15) is 21.6 Å². The maximum Gasteiger partial charge on any atom is 0.418 e. The molecule has 0 N–H and O–H groups in total. The smallest absolute Gasteiger partial charge is 0.418 e. The average molecular weight is 219 g/mol. The summed E-state index contributed by atoms with van der Waals surface area (Å²) in [4.78, 5) is 14.6. The summed E-state index contributed by atoms with van der Waals surface area (Å²) in [5, 5.41) is 0. The molecule has 0 aliphatic rings. The number of rotatable bonds is 1. The highest BCUT2D eigenvalue weighted by Gasteiger charge is 2.36. The lowest BCUT2D eigenvalue weighted by Gasteiger charge is -2.10. The molecule has 1 rings (SSSR count). The number of pyridine rings is 1. The number of aromatic nitrogens is 1. The number of esters is 1. The third kappa shape index (κ3) is 2.45. The lowest BCUT2D eigenvalue weighted by molar-refractivity contribution is -0.138. The van der Waals surface area contributed by atoms with E-state index in [2.05, 4.69) is 9.72 Å². The van der Waals surface area contributed by atoms with Crippen LogP contribution in [0.5, 0.6) is 0 Å². The molecule has 0 saturated carbocycles. The first kappa shape index (κ1) is 11.5. The van der Waals surface area contributed by atoms with Gasteiger partial charge in [0.2, 0.25) is 0 Å². The molecule has 15 heavy (non-hydrogen) atoms. The van der Waals surface area contributed by atoms with Crippen molar-refractivity contribution in [2.24, 2.45) is 0 Å². The molecule has 0 bridgehead atoms. The van der Waals surface area contributed by atoms with E-state index in [1.165, 1.54) is 6.92 Å². The van der Waals surface area contributed by atoms with Crippen LogP contribution >= 0.6 is 0 Å². The van der Waals surface area contributed by atoms with Gasteiger partial charge in [0.15, 0.2) is 0 Å². The fourth-order valence-corrected chi connectivity index (χ4v) is 1.06. The molecule has 3 nitrogen and oxygen atoms in total. The van der Waals surface area contributed by atoms with E-state index in [0.29, 0.717) is 11.9 Å². The molecule has 82 valence electrons. The van der Waals surface area contributed by atoms with Crippen molar-refractivity contribution in [2.45, 2.75) is 13.1 Å². The Hall–Kier alpha value is -1.59. The minimum Gasteiger partial charge on any atom is -0.465 e. The van der Waals surface area contributed by atoms with Crippen molar-refractivity contribution in [3.8, 4) is 0 Å². The molecule has 1 heterocycles. The van der Waals surface area contributed by atoms with Gasteiger partial charge < -0.3 is 4.74 Å². The predicted octanol–water partition coefficient (Wildman–Crippen LogP) is 2.20. The number of alkyl halides is 3. The van der Waals surface area contributed by atoms with Crippen LogP contribution in [0.4, 0.5) is 13.2 Å². The summed E-state index contributed by atoms with van der Waals surface area (Å²) < 4.78 is 41.5. The molecule has 0 aromatic carbocycles. The van der Waals surface area contributed by atoms with E-state index in [1.807, 2.05) is 0 Å². The van der Waals surface area contributed by atoms with Crippen LogP contribution in [0.3, 0.4) is 0 Å². The van der Waals surface area contributed by atoms with Gasteiger partial charge in [-0.3, -0.25) is 4.98 Å². The molecule has 0 saturated heterocycles. The molecule has 0 unspecified atom stereocenters. The van der Waals surface area contributed by atoms with Gasteiger partial charge in [0.1, 0.15) is 0 Å². The van der Waals surface area contributed by atoms with Gasteiger partial charge in [-0.2, -0.15) is 13.2 Å². The Labute approximate surface area is 83.9 Å². The maximum atomic E-state index is 12.4. The van der Waals surface area contributed by atoms with Crippen LogP contribution in [0.15, 0.2) is 12.3 Å². The Morgan fingerprint density at radius 1 is 1.47 bits per heavy atom. The van der Waals surface area contributed by atoms with Crippen LogP contribution in [0.2, 0.25) is 0 Å². The third-order valence-electron chi connectivity index (χ3n) is 1.75. The van der Waals surface area contributed by atoms with Crippen LogP contribution in [0.25, 0.3) is 0 Å². The van der Waals surface area contributed by atoms with Gasteiger partial charge in [-0.1, -0.05) is 0 Å². The molecule has 0 aliphatic heterocycles. The monoisotopic (exact) mass is 219 g/mol. The zero-order chi connectivity index (χ0) is 11.6. The summed E-state index contributed by atoms with van der Waals surface area (Å²) in [5.41, 5.74) is -1.28. The minimum atomic E-state index is -4.61. The van der Waals surface area contributed by atoms with Crippen molar-refractivity contribution in [1.82, 2.24) is 4.98 Å². The van der Waals surface area contributed by atoms with E-state index in [9.17, 15) is 18.0 Å². The Bertz CT molecular complexity index is 387. The number of methoxy groups -OCH3 is 1. The fraction of sp³-hybridized carbons (Fsp3) is 0.333. The summed E-state index contributed by atoms with van der Waals surface area (Å²) in [7, 11) is 1.03. The number of hydrogen-bond donors (Lipinski definition) is 0. The molecular weight excluding hydrogens is 211 g/mol. The van der Waals surface area contributed by atoms with Crippen molar-refractivity contribution in [1.29, 1.82) is 0 Å². The number of carbonyl (C=O) groups excluding carboxylic acids is 1. The van der Waals surface area contributed by atoms with Gasteiger partial charge in [0.25, 0.3) is 0 Å². The molecule has 0 spiro atoms. The second-order valence-corrected chi connectivity index (χ2v) is 2.86. The SMILES string of the molecule is COC(=O)c1cc(C)ncc1C(F)(F)F. The number of hydrogen-bond acceptors (Lipinski definition) is 3. The summed E-state index contributed by atoms with van der Waals surface area (Å²) in [6, 6.07) is 1.05. The second-order valence-electron chi connectivity index (χ2n) is 2.86. The van der Waals surface area contributed by atoms with Crippen molar-refractivity contribution in [3.05, 3.63) is 29.1 Å². The van der Waals surface area contributed by atoms with E-state index < -0.39 is 23.3 Å². The van der Waals surface area contributed by atoms with E-state index >= 15 is 0 Å². The minimum absolute atomic E-state index is 0.323. The molecule has 1 aromatic rings. The quantitative estimate of drug-likeness (QED) is 0.679. The Kier molecular flexibility index (Phi) is 2.97. The first-order chi connectivity index (χ1) is 6.86. The molecule has 0 amide bonds. The normalized spacial score (nSPS) is 11.3. The standard InChI is InChI=1S/C9H8F3NO2/c1-5-3-6(8(14)15-2)7(4-13-5)9(10,11)12/h3-4H,1-2H3. The topological polar surface area (TPSA) is 39.2 Å². The lowest BCUT2D eigenvalue weighted by Crippen LogP contribution is -2.15. The Morgan fingerprint density at radius 3 is 2.53 bits per heavy atom. The third-order valence-corrected chi connectivity index (χ3v) is 1.75.